The van der Waals surface area contributed by atoms with E-state index in [-0.39, 0.29) is 12.5 Å². The van der Waals surface area contributed by atoms with Crippen LogP contribution in [-0.2, 0) is 9.47 Å². The Balaban J connectivity index is 1.60. The third-order valence-corrected chi connectivity index (χ3v) is 6.51. The predicted octanol–water partition coefficient (Wildman–Crippen LogP) is 5.19. The highest BCUT2D eigenvalue weighted by Gasteiger charge is 2.43. The SMILES string of the molecule is CCOC(=O)c1ccc(N2C(=O)c3[nH]nc(-c4ccc(OCC)cc4)c3[C@@H]2c2ccc(C(=O)OC)cc2)cc1. The van der Waals surface area contributed by atoms with Crippen molar-refractivity contribution in [3.63, 3.8) is 0 Å². The van der Waals surface area contributed by atoms with Crippen molar-refractivity contribution in [2.24, 2.45) is 0 Å². The molecule has 5 rings (SSSR count). The Bertz CT molecular complexity index is 1510. The smallest absolute Gasteiger partial charge is 0.338 e. The van der Waals surface area contributed by atoms with Gasteiger partial charge in [0.2, 0.25) is 0 Å². The van der Waals surface area contributed by atoms with Crippen molar-refractivity contribution in [2.75, 3.05) is 25.2 Å². The minimum atomic E-state index is -0.548. The molecule has 0 radical (unpaired) electrons. The van der Waals surface area contributed by atoms with Crippen LogP contribution in [-0.4, -0.2) is 48.4 Å². The number of carbonyl (C=O) groups is 3. The summed E-state index contributed by atoms with van der Waals surface area (Å²) >= 11 is 0. The lowest BCUT2D eigenvalue weighted by atomic mass is 9.95. The fraction of sp³-hybridized carbons (Fsp3) is 0.200. The number of aromatic nitrogens is 2. The maximum Gasteiger partial charge on any atom is 0.338 e. The summed E-state index contributed by atoms with van der Waals surface area (Å²) < 4.78 is 15.5. The van der Waals surface area contributed by atoms with E-state index >= 15 is 0 Å². The molecule has 0 bridgehead atoms. The second-order valence-electron chi connectivity index (χ2n) is 8.78. The lowest BCUT2D eigenvalue weighted by molar-refractivity contribution is 0.0525. The highest BCUT2D eigenvalue weighted by atomic mass is 16.5. The van der Waals surface area contributed by atoms with Gasteiger partial charge in [0, 0.05) is 16.8 Å². The number of nitrogens with one attached hydrogen (secondary N) is 1. The molecule has 1 aliphatic rings. The number of H-pyrrole nitrogens is 1. The van der Waals surface area contributed by atoms with Gasteiger partial charge in [0.25, 0.3) is 5.91 Å². The fourth-order valence-electron chi connectivity index (χ4n) is 4.72. The van der Waals surface area contributed by atoms with E-state index in [1.807, 2.05) is 31.2 Å². The van der Waals surface area contributed by atoms with Crippen molar-refractivity contribution in [1.82, 2.24) is 10.2 Å². The number of amides is 1. The molecule has 1 aliphatic heterocycles. The second-order valence-corrected chi connectivity index (χ2v) is 8.78. The van der Waals surface area contributed by atoms with Crippen molar-refractivity contribution in [2.45, 2.75) is 19.9 Å². The summed E-state index contributed by atoms with van der Waals surface area (Å²) in [5, 5.41) is 7.44. The first kappa shape index (κ1) is 25.7. The van der Waals surface area contributed by atoms with Gasteiger partial charge in [-0.05, 0) is 80.1 Å². The number of fused-ring (bicyclic) bond motifs is 1. The second kappa shape index (κ2) is 10.8. The third-order valence-electron chi connectivity index (χ3n) is 6.51. The quantitative estimate of drug-likeness (QED) is 0.315. The Kier molecular flexibility index (Phi) is 7.14. The van der Waals surface area contributed by atoms with Gasteiger partial charge in [-0.3, -0.25) is 14.8 Å². The Morgan fingerprint density at radius 1 is 0.872 bits per heavy atom. The molecule has 2 heterocycles. The zero-order valence-corrected chi connectivity index (χ0v) is 21.8. The molecule has 1 N–H and O–H groups in total. The summed E-state index contributed by atoms with van der Waals surface area (Å²) in [5.41, 5.74) is 4.69. The Morgan fingerprint density at radius 3 is 2.13 bits per heavy atom. The maximum absolute atomic E-state index is 13.8. The van der Waals surface area contributed by atoms with Crippen molar-refractivity contribution >= 4 is 23.5 Å². The van der Waals surface area contributed by atoms with E-state index in [2.05, 4.69) is 10.2 Å². The number of carbonyl (C=O) groups excluding carboxylic acids is 3. The molecule has 9 nitrogen and oxygen atoms in total. The monoisotopic (exact) mass is 525 g/mol. The molecule has 0 saturated heterocycles. The summed E-state index contributed by atoms with van der Waals surface area (Å²) in [7, 11) is 1.33. The van der Waals surface area contributed by atoms with E-state index < -0.39 is 18.0 Å². The van der Waals surface area contributed by atoms with Gasteiger partial charge in [-0.15, -0.1) is 0 Å². The van der Waals surface area contributed by atoms with Gasteiger partial charge in [0.1, 0.15) is 11.4 Å². The summed E-state index contributed by atoms with van der Waals surface area (Å²) in [5.74, 6) is -0.406. The van der Waals surface area contributed by atoms with Crippen LogP contribution in [0.2, 0.25) is 0 Å². The van der Waals surface area contributed by atoms with Gasteiger partial charge in [-0.1, -0.05) is 12.1 Å². The Morgan fingerprint density at radius 2 is 1.51 bits per heavy atom. The number of nitrogens with zero attached hydrogens (tertiary/aromatic N) is 2. The lowest BCUT2D eigenvalue weighted by Gasteiger charge is -2.26. The summed E-state index contributed by atoms with van der Waals surface area (Å²) in [6.07, 6.45) is 0. The van der Waals surface area contributed by atoms with Crippen LogP contribution in [0, 0.1) is 0 Å². The predicted molar refractivity (Wildman–Crippen MR) is 144 cm³/mol. The minimum Gasteiger partial charge on any atom is -0.494 e. The Hall–Kier alpha value is -4.92. The van der Waals surface area contributed by atoms with Crippen LogP contribution in [0.1, 0.15) is 62.2 Å². The summed E-state index contributed by atoms with van der Waals surface area (Å²) in [6, 6.07) is 20.6. The number of esters is 2. The first-order chi connectivity index (χ1) is 19.0. The van der Waals surface area contributed by atoms with E-state index in [4.69, 9.17) is 14.2 Å². The van der Waals surface area contributed by atoms with Crippen LogP contribution in [0.5, 0.6) is 5.75 Å². The molecule has 0 fully saturated rings. The van der Waals surface area contributed by atoms with Gasteiger partial charge in [0.05, 0.1) is 43.2 Å². The van der Waals surface area contributed by atoms with E-state index in [0.717, 1.165) is 16.9 Å². The molecular formula is C30H27N3O6. The number of aromatic amines is 1. The normalized spacial score (nSPS) is 14.2. The summed E-state index contributed by atoms with van der Waals surface area (Å²) in [6.45, 7) is 4.49. The average molecular weight is 526 g/mol. The number of hydrogen-bond acceptors (Lipinski definition) is 7. The fourth-order valence-corrected chi connectivity index (χ4v) is 4.72. The summed E-state index contributed by atoms with van der Waals surface area (Å²) in [4.78, 5) is 39.7. The maximum atomic E-state index is 13.8. The number of rotatable bonds is 8. The lowest BCUT2D eigenvalue weighted by Crippen LogP contribution is -2.29. The van der Waals surface area contributed by atoms with E-state index in [0.29, 0.717) is 40.4 Å². The average Bonchev–Trinajstić information content (AvgIpc) is 3.52. The van der Waals surface area contributed by atoms with Gasteiger partial charge >= 0.3 is 11.9 Å². The first-order valence-electron chi connectivity index (χ1n) is 12.6. The van der Waals surface area contributed by atoms with Crippen molar-refractivity contribution < 1.29 is 28.6 Å². The van der Waals surface area contributed by atoms with Gasteiger partial charge in [-0.25, -0.2) is 9.59 Å². The molecule has 39 heavy (non-hydrogen) atoms. The molecule has 9 heteroatoms. The highest BCUT2D eigenvalue weighted by Crippen LogP contribution is 2.45. The zero-order chi connectivity index (χ0) is 27.5. The van der Waals surface area contributed by atoms with Crippen LogP contribution in [0.25, 0.3) is 11.3 Å². The van der Waals surface area contributed by atoms with Crippen LogP contribution in [0.15, 0.2) is 72.8 Å². The number of anilines is 1. The Labute approximate surface area is 225 Å². The molecule has 0 spiro atoms. The van der Waals surface area contributed by atoms with Crippen LogP contribution >= 0.6 is 0 Å². The third kappa shape index (κ3) is 4.74. The molecule has 198 valence electrons. The first-order valence-corrected chi connectivity index (χ1v) is 12.6. The molecule has 0 saturated carbocycles. The number of benzene rings is 3. The molecule has 0 unspecified atom stereocenters. The zero-order valence-electron chi connectivity index (χ0n) is 21.8. The molecule has 1 atom stereocenters. The molecule has 3 aromatic carbocycles. The highest BCUT2D eigenvalue weighted by molar-refractivity contribution is 6.12. The molecule has 1 amide bonds. The molecule has 1 aromatic heterocycles. The van der Waals surface area contributed by atoms with Gasteiger partial charge in [-0.2, -0.15) is 5.10 Å². The number of ether oxygens (including phenoxy) is 3. The van der Waals surface area contributed by atoms with Crippen molar-refractivity contribution in [3.8, 4) is 17.0 Å². The van der Waals surface area contributed by atoms with Crippen molar-refractivity contribution in [3.05, 3.63) is 101 Å². The van der Waals surface area contributed by atoms with Crippen molar-refractivity contribution in [1.29, 1.82) is 0 Å². The standard InChI is InChI=1S/C30H27N3O6/c1-4-38-23-16-12-18(13-17-23)25-24-26(32-31-25)28(34)33(22-14-10-21(11-15-22)30(36)39-5-2)27(24)19-6-8-20(9-7-19)29(35)37-3/h6-17,27H,4-5H2,1-3H3,(H,31,32)/t27-/m0/s1. The van der Waals surface area contributed by atoms with E-state index in [1.54, 1.807) is 60.4 Å². The van der Waals surface area contributed by atoms with Crippen LogP contribution in [0.3, 0.4) is 0 Å². The van der Waals surface area contributed by atoms with E-state index in [1.165, 1.54) is 7.11 Å². The number of methoxy groups -OCH3 is 1. The minimum absolute atomic E-state index is 0.263. The molecule has 4 aromatic rings. The van der Waals surface area contributed by atoms with E-state index in [9.17, 15) is 14.4 Å². The van der Waals surface area contributed by atoms with Crippen LogP contribution < -0.4 is 9.64 Å². The van der Waals surface area contributed by atoms with Gasteiger partial charge < -0.3 is 14.2 Å². The number of hydrogen-bond donors (Lipinski definition) is 1. The molecule has 0 aliphatic carbocycles. The van der Waals surface area contributed by atoms with Gasteiger partial charge in [0.15, 0.2) is 0 Å². The topological polar surface area (TPSA) is 111 Å². The molecular weight excluding hydrogens is 498 g/mol. The largest absolute Gasteiger partial charge is 0.494 e. The van der Waals surface area contributed by atoms with Crippen LogP contribution in [0.4, 0.5) is 5.69 Å².